The smallest absolute Gasteiger partial charge is 0.411 e. The maximum Gasteiger partial charge on any atom is 0.411 e. The Bertz CT molecular complexity index is 333. The van der Waals surface area contributed by atoms with Crippen molar-refractivity contribution in [2.24, 2.45) is 5.92 Å². The topological polar surface area (TPSA) is 66.8 Å². The summed E-state index contributed by atoms with van der Waals surface area (Å²) in [7, 11) is 0. The molecule has 1 heterocycles. The van der Waals surface area contributed by atoms with Gasteiger partial charge >= 0.3 is 12.1 Å². The molecular formula is C11H17NO4. The summed E-state index contributed by atoms with van der Waals surface area (Å²) in [5.41, 5.74) is -0.576. The Kier molecular flexibility index (Phi) is 2.36. The highest BCUT2D eigenvalue weighted by atomic mass is 16.6. The van der Waals surface area contributed by atoms with Crippen molar-refractivity contribution in [3.63, 3.8) is 0 Å². The van der Waals surface area contributed by atoms with Crippen molar-refractivity contribution in [1.29, 1.82) is 0 Å². The number of fused-ring (bicyclic) bond motifs is 1. The molecule has 1 N–H and O–H groups in total. The van der Waals surface area contributed by atoms with Gasteiger partial charge in [0.05, 0.1) is 0 Å². The third-order valence-electron chi connectivity index (χ3n) is 2.99. The lowest BCUT2D eigenvalue weighted by Gasteiger charge is -2.28. The first-order valence-electron chi connectivity index (χ1n) is 5.54. The number of carboxylic acid groups (broad SMARTS) is 1. The molecule has 2 aliphatic rings. The van der Waals surface area contributed by atoms with E-state index in [0.29, 0.717) is 12.3 Å². The third-order valence-corrected chi connectivity index (χ3v) is 2.99. The van der Waals surface area contributed by atoms with Crippen LogP contribution in [-0.4, -0.2) is 39.8 Å². The summed E-state index contributed by atoms with van der Waals surface area (Å²) in [4.78, 5) is 24.3. The predicted octanol–water partition coefficient (Wildman–Crippen LogP) is 1.47. The number of piperidine rings is 1. The fourth-order valence-corrected chi connectivity index (χ4v) is 2.25. The number of hydrogen-bond donors (Lipinski definition) is 1. The summed E-state index contributed by atoms with van der Waals surface area (Å²) >= 11 is 0. The molecule has 0 aromatic rings. The fraction of sp³-hybridized carbons (Fsp3) is 0.818. The molecule has 1 aliphatic carbocycles. The molecule has 3 atom stereocenters. The Labute approximate surface area is 94.4 Å². The number of carbonyl (C=O) groups excluding carboxylic acids is 1. The molecule has 2 fully saturated rings. The largest absolute Gasteiger partial charge is 0.480 e. The second-order valence-electron chi connectivity index (χ2n) is 5.54. The Morgan fingerprint density at radius 3 is 2.44 bits per heavy atom. The molecule has 1 saturated carbocycles. The standard InChI is InChI=1S/C11H17NO4/c1-11(2,3)16-10(15)12-7-4-6(7)5-8(12)9(13)14/h6-8H,4-5H2,1-3H3,(H,13,14)/t6-,7-,8?/m0/s1. The molecule has 16 heavy (non-hydrogen) atoms. The van der Waals surface area contributed by atoms with Gasteiger partial charge in [-0.1, -0.05) is 0 Å². The zero-order valence-electron chi connectivity index (χ0n) is 9.77. The molecule has 1 unspecified atom stereocenters. The number of hydrogen-bond acceptors (Lipinski definition) is 3. The Morgan fingerprint density at radius 1 is 1.31 bits per heavy atom. The summed E-state index contributed by atoms with van der Waals surface area (Å²) in [6, 6.07) is -0.602. The van der Waals surface area contributed by atoms with E-state index < -0.39 is 23.7 Å². The molecular weight excluding hydrogens is 210 g/mol. The first-order valence-corrected chi connectivity index (χ1v) is 5.54. The van der Waals surface area contributed by atoms with E-state index in [0.717, 1.165) is 6.42 Å². The second kappa shape index (κ2) is 3.37. The van der Waals surface area contributed by atoms with Gasteiger partial charge in [0.25, 0.3) is 0 Å². The van der Waals surface area contributed by atoms with Gasteiger partial charge < -0.3 is 9.84 Å². The van der Waals surface area contributed by atoms with E-state index in [1.807, 2.05) is 0 Å². The van der Waals surface area contributed by atoms with Crippen molar-refractivity contribution in [2.75, 3.05) is 0 Å². The van der Waals surface area contributed by atoms with Gasteiger partial charge in [0.15, 0.2) is 0 Å². The first kappa shape index (κ1) is 11.2. The monoisotopic (exact) mass is 227 g/mol. The van der Waals surface area contributed by atoms with E-state index in [4.69, 9.17) is 9.84 Å². The number of rotatable bonds is 1. The summed E-state index contributed by atoms with van der Waals surface area (Å²) in [6.45, 7) is 5.34. The van der Waals surface area contributed by atoms with Gasteiger partial charge in [-0.25, -0.2) is 9.59 Å². The number of carbonyl (C=O) groups is 2. The van der Waals surface area contributed by atoms with E-state index >= 15 is 0 Å². The molecule has 90 valence electrons. The van der Waals surface area contributed by atoms with Crippen LogP contribution >= 0.6 is 0 Å². The fourth-order valence-electron chi connectivity index (χ4n) is 2.25. The SMILES string of the molecule is CC(C)(C)OC(=O)N1C(C(=O)O)C[C@@H]2C[C@@H]21. The number of amides is 1. The van der Waals surface area contributed by atoms with Crippen LogP contribution in [0.4, 0.5) is 4.79 Å². The number of likely N-dealkylation sites (tertiary alicyclic amines) is 1. The Balaban J connectivity index is 2.07. The van der Waals surface area contributed by atoms with Crippen LogP contribution in [-0.2, 0) is 9.53 Å². The molecule has 1 amide bonds. The van der Waals surface area contributed by atoms with Gasteiger partial charge in [-0.05, 0) is 39.5 Å². The maximum absolute atomic E-state index is 11.9. The van der Waals surface area contributed by atoms with Gasteiger partial charge in [0.2, 0.25) is 0 Å². The predicted molar refractivity (Wildman–Crippen MR) is 56.0 cm³/mol. The van der Waals surface area contributed by atoms with Gasteiger partial charge in [0.1, 0.15) is 11.6 Å². The number of carboxylic acids is 1. The lowest BCUT2D eigenvalue weighted by molar-refractivity contribution is -0.142. The molecule has 0 aromatic carbocycles. The third kappa shape index (κ3) is 1.99. The minimum absolute atomic E-state index is 0.0935. The van der Waals surface area contributed by atoms with Crippen molar-refractivity contribution in [1.82, 2.24) is 4.90 Å². The van der Waals surface area contributed by atoms with Crippen LogP contribution < -0.4 is 0 Å². The van der Waals surface area contributed by atoms with Crippen LogP contribution in [0.1, 0.15) is 33.6 Å². The van der Waals surface area contributed by atoms with Crippen LogP contribution in [0.5, 0.6) is 0 Å². The van der Waals surface area contributed by atoms with Gasteiger partial charge in [0, 0.05) is 6.04 Å². The van der Waals surface area contributed by atoms with Crippen molar-refractivity contribution in [3.05, 3.63) is 0 Å². The summed E-state index contributed by atoms with van der Waals surface area (Å²) < 4.78 is 5.22. The van der Waals surface area contributed by atoms with E-state index in [1.54, 1.807) is 20.8 Å². The van der Waals surface area contributed by atoms with Crippen LogP contribution in [0, 0.1) is 5.92 Å². The molecule has 2 rings (SSSR count). The molecule has 0 bridgehead atoms. The minimum atomic E-state index is -0.932. The number of ether oxygens (including phenoxy) is 1. The highest BCUT2D eigenvalue weighted by molar-refractivity contribution is 5.82. The molecule has 0 aromatic heterocycles. The van der Waals surface area contributed by atoms with Crippen molar-refractivity contribution in [3.8, 4) is 0 Å². The maximum atomic E-state index is 11.9. The molecule has 0 spiro atoms. The van der Waals surface area contributed by atoms with Crippen LogP contribution in [0.25, 0.3) is 0 Å². The average molecular weight is 227 g/mol. The molecule has 5 heteroatoms. The van der Waals surface area contributed by atoms with E-state index in [-0.39, 0.29) is 6.04 Å². The van der Waals surface area contributed by atoms with Crippen molar-refractivity contribution in [2.45, 2.75) is 51.3 Å². The van der Waals surface area contributed by atoms with Crippen molar-refractivity contribution >= 4 is 12.1 Å². The number of aliphatic carboxylic acids is 1. The summed E-state index contributed by atoms with van der Waals surface area (Å²) in [5, 5.41) is 9.02. The van der Waals surface area contributed by atoms with Gasteiger partial charge in [-0.15, -0.1) is 0 Å². The van der Waals surface area contributed by atoms with Gasteiger partial charge in [-0.3, -0.25) is 4.90 Å². The highest BCUT2D eigenvalue weighted by Gasteiger charge is 2.57. The van der Waals surface area contributed by atoms with E-state index in [1.165, 1.54) is 4.90 Å². The van der Waals surface area contributed by atoms with Crippen LogP contribution in [0.3, 0.4) is 0 Å². The molecule has 1 saturated heterocycles. The van der Waals surface area contributed by atoms with Crippen LogP contribution in [0.15, 0.2) is 0 Å². The summed E-state index contributed by atoms with van der Waals surface area (Å²) in [5.74, 6) is -0.563. The minimum Gasteiger partial charge on any atom is -0.480 e. The normalized spacial score (nSPS) is 32.2. The highest BCUT2D eigenvalue weighted by Crippen LogP contribution is 2.48. The quantitative estimate of drug-likeness (QED) is 0.736. The zero-order chi connectivity index (χ0) is 12.1. The lowest BCUT2D eigenvalue weighted by Crippen LogP contribution is -2.45. The Hall–Kier alpha value is -1.26. The van der Waals surface area contributed by atoms with E-state index in [2.05, 4.69) is 0 Å². The van der Waals surface area contributed by atoms with Crippen LogP contribution in [0.2, 0.25) is 0 Å². The average Bonchev–Trinajstić information content (AvgIpc) is 2.73. The number of nitrogens with zero attached hydrogens (tertiary/aromatic N) is 1. The first-order chi connectivity index (χ1) is 7.29. The van der Waals surface area contributed by atoms with Crippen molar-refractivity contribution < 1.29 is 19.4 Å². The zero-order valence-corrected chi connectivity index (χ0v) is 9.77. The summed E-state index contributed by atoms with van der Waals surface area (Å²) in [6.07, 6.45) is 0.993. The second-order valence-corrected chi connectivity index (χ2v) is 5.54. The molecule has 0 radical (unpaired) electrons. The van der Waals surface area contributed by atoms with E-state index in [9.17, 15) is 9.59 Å². The molecule has 1 aliphatic heterocycles. The molecule has 5 nitrogen and oxygen atoms in total. The lowest BCUT2D eigenvalue weighted by atomic mass is 10.2. The van der Waals surface area contributed by atoms with Gasteiger partial charge in [-0.2, -0.15) is 0 Å². The Morgan fingerprint density at radius 2 is 1.94 bits per heavy atom.